The lowest BCUT2D eigenvalue weighted by molar-refractivity contribution is -0.143. The standard InChI is InChI=1S/C23H38N2O6Si/c1-29-20-14-18(23(28)25-10-6-5-8-17(25)16-26)19(24)15-21(20)30-11-7-9-22(27)31-12-13-32(2,3)4/h14-15,17,26H,5-13,16,24H2,1-4H3/t17-/m0/s1. The molecule has 32 heavy (non-hydrogen) atoms. The molecular formula is C23H38N2O6Si. The smallest absolute Gasteiger partial charge is 0.305 e. The first-order valence-corrected chi connectivity index (χ1v) is 15.0. The third kappa shape index (κ3) is 7.70. The molecule has 1 fully saturated rings. The van der Waals surface area contributed by atoms with Crippen LogP contribution in [0.3, 0.4) is 0 Å². The molecule has 0 aromatic heterocycles. The number of ether oxygens (including phenoxy) is 3. The van der Waals surface area contributed by atoms with Gasteiger partial charge in [-0.1, -0.05) is 19.6 Å². The van der Waals surface area contributed by atoms with Crippen molar-refractivity contribution in [1.29, 1.82) is 0 Å². The maximum Gasteiger partial charge on any atom is 0.305 e. The summed E-state index contributed by atoms with van der Waals surface area (Å²) in [6.07, 6.45) is 3.45. The quantitative estimate of drug-likeness (QED) is 0.223. The minimum Gasteiger partial charge on any atom is -0.493 e. The van der Waals surface area contributed by atoms with Crippen molar-refractivity contribution in [1.82, 2.24) is 4.90 Å². The summed E-state index contributed by atoms with van der Waals surface area (Å²) in [7, 11) is 0.280. The Labute approximate surface area is 192 Å². The van der Waals surface area contributed by atoms with Crippen molar-refractivity contribution in [2.24, 2.45) is 0 Å². The van der Waals surface area contributed by atoms with Gasteiger partial charge in [0.15, 0.2) is 11.5 Å². The van der Waals surface area contributed by atoms with Gasteiger partial charge in [0.25, 0.3) is 5.91 Å². The van der Waals surface area contributed by atoms with Crippen molar-refractivity contribution in [3.8, 4) is 11.5 Å². The van der Waals surface area contributed by atoms with Gasteiger partial charge >= 0.3 is 5.97 Å². The zero-order valence-electron chi connectivity index (χ0n) is 19.8. The van der Waals surface area contributed by atoms with Crippen LogP contribution < -0.4 is 15.2 Å². The fourth-order valence-electron chi connectivity index (χ4n) is 3.59. The normalized spacial score (nSPS) is 16.5. The van der Waals surface area contributed by atoms with Crippen LogP contribution in [0.2, 0.25) is 25.7 Å². The number of rotatable bonds is 11. The molecule has 0 radical (unpaired) electrons. The predicted molar refractivity (Wildman–Crippen MR) is 127 cm³/mol. The average molecular weight is 467 g/mol. The molecule has 2 rings (SSSR count). The van der Waals surface area contributed by atoms with E-state index in [0.29, 0.717) is 48.9 Å². The van der Waals surface area contributed by atoms with E-state index >= 15 is 0 Å². The topological polar surface area (TPSA) is 111 Å². The van der Waals surface area contributed by atoms with Crippen molar-refractivity contribution >= 4 is 25.6 Å². The Balaban J connectivity index is 1.92. The lowest BCUT2D eigenvalue weighted by Gasteiger charge is -2.35. The van der Waals surface area contributed by atoms with E-state index in [1.54, 1.807) is 17.0 Å². The second-order valence-electron chi connectivity index (χ2n) is 9.40. The fourth-order valence-corrected chi connectivity index (χ4v) is 4.30. The van der Waals surface area contributed by atoms with Gasteiger partial charge in [-0.15, -0.1) is 0 Å². The van der Waals surface area contributed by atoms with Gasteiger partial charge in [0.1, 0.15) is 0 Å². The number of amides is 1. The lowest BCUT2D eigenvalue weighted by Crippen LogP contribution is -2.45. The average Bonchev–Trinajstić information content (AvgIpc) is 2.75. The zero-order chi connectivity index (χ0) is 23.7. The number of nitrogen functional groups attached to an aromatic ring is 1. The Hall–Kier alpha value is -2.26. The van der Waals surface area contributed by atoms with Crippen LogP contribution >= 0.6 is 0 Å². The first kappa shape index (κ1) is 26.0. The number of hydrogen-bond donors (Lipinski definition) is 2. The summed E-state index contributed by atoms with van der Waals surface area (Å²) in [5.41, 5.74) is 6.79. The minimum atomic E-state index is -1.22. The van der Waals surface area contributed by atoms with Crippen LogP contribution in [-0.2, 0) is 9.53 Å². The van der Waals surface area contributed by atoms with Gasteiger partial charge in [-0.2, -0.15) is 0 Å². The number of aliphatic hydroxyl groups excluding tert-OH is 1. The van der Waals surface area contributed by atoms with Crippen LogP contribution in [-0.4, -0.2) is 69.5 Å². The molecular weight excluding hydrogens is 428 g/mol. The first-order valence-electron chi connectivity index (χ1n) is 11.3. The molecule has 1 heterocycles. The van der Waals surface area contributed by atoms with E-state index < -0.39 is 8.07 Å². The van der Waals surface area contributed by atoms with E-state index in [0.717, 1.165) is 25.3 Å². The van der Waals surface area contributed by atoms with Gasteiger partial charge in [-0.3, -0.25) is 9.59 Å². The van der Waals surface area contributed by atoms with E-state index in [1.165, 1.54) is 7.11 Å². The fraction of sp³-hybridized carbons (Fsp3) is 0.652. The van der Waals surface area contributed by atoms with Gasteiger partial charge in [-0.25, -0.2) is 0 Å². The van der Waals surface area contributed by atoms with Gasteiger partial charge in [0, 0.05) is 32.8 Å². The molecule has 1 atom stereocenters. The third-order valence-corrected chi connectivity index (χ3v) is 7.27. The van der Waals surface area contributed by atoms with Gasteiger partial charge in [0.05, 0.1) is 38.5 Å². The third-order valence-electron chi connectivity index (χ3n) is 5.56. The van der Waals surface area contributed by atoms with Crippen LogP contribution in [0.25, 0.3) is 0 Å². The van der Waals surface area contributed by atoms with Crippen molar-refractivity contribution in [3.05, 3.63) is 17.7 Å². The summed E-state index contributed by atoms with van der Waals surface area (Å²) in [5, 5.41) is 9.61. The molecule has 1 aliphatic heterocycles. The summed E-state index contributed by atoms with van der Waals surface area (Å²) < 4.78 is 16.5. The molecule has 1 aliphatic rings. The maximum absolute atomic E-state index is 13.0. The maximum atomic E-state index is 13.0. The van der Waals surface area contributed by atoms with Crippen LogP contribution in [0, 0.1) is 0 Å². The SMILES string of the molecule is COc1cc(C(=O)N2CCCC[C@H]2CO)c(N)cc1OCCCC(=O)OCC[Si](C)(C)C. The van der Waals surface area contributed by atoms with Crippen LogP contribution in [0.1, 0.15) is 42.5 Å². The van der Waals surface area contributed by atoms with E-state index in [1.807, 2.05) is 0 Å². The Kier molecular flexibility index (Phi) is 9.83. The summed E-state index contributed by atoms with van der Waals surface area (Å²) in [6.45, 7) is 8.02. The largest absolute Gasteiger partial charge is 0.493 e. The van der Waals surface area contributed by atoms with Gasteiger partial charge in [-0.05, 0) is 37.8 Å². The molecule has 180 valence electrons. The second-order valence-corrected chi connectivity index (χ2v) is 15.0. The molecule has 1 saturated heterocycles. The number of methoxy groups -OCH3 is 1. The van der Waals surface area contributed by atoms with Crippen molar-refractivity contribution < 1.29 is 28.9 Å². The summed E-state index contributed by atoms with van der Waals surface area (Å²) in [4.78, 5) is 26.6. The molecule has 8 nitrogen and oxygen atoms in total. The molecule has 0 unspecified atom stereocenters. The van der Waals surface area contributed by atoms with Crippen molar-refractivity contribution in [3.63, 3.8) is 0 Å². The van der Waals surface area contributed by atoms with Gasteiger partial charge < -0.3 is 30.0 Å². The number of hydrogen-bond acceptors (Lipinski definition) is 7. The summed E-state index contributed by atoms with van der Waals surface area (Å²) in [6, 6.07) is 3.92. The second kappa shape index (κ2) is 12.1. The monoisotopic (exact) mass is 466 g/mol. The van der Waals surface area contributed by atoms with E-state index in [-0.39, 0.29) is 30.9 Å². The Morgan fingerprint density at radius 3 is 2.59 bits per heavy atom. The highest BCUT2D eigenvalue weighted by Crippen LogP contribution is 2.34. The number of nitrogens with zero attached hydrogens (tertiary/aromatic N) is 1. The first-order chi connectivity index (χ1) is 15.2. The number of anilines is 1. The summed E-state index contributed by atoms with van der Waals surface area (Å²) in [5.74, 6) is 0.384. The molecule has 1 aromatic rings. The molecule has 1 aromatic carbocycles. The van der Waals surface area contributed by atoms with E-state index in [9.17, 15) is 14.7 Å². The predicted octanol–water partition coefficient (Wildman–Crippen LogP) is 3.30. The highest BCUT2D eigenvalue weighted by atomic mass is 28.3. The minimum absolute atomic E-state index is 0.0649. The molecule has 0 bridgehead atoms. The number of likely N-dealkylation sites (tertiary alicyclic amines) is 1. The van der Waals surface area contributed by atoms with Crippen LogP contribution in [0.4, 0.5) is 5.69 Å². The molecule has 1 amide bonds. The summed E-state index contributed by atoms with van der Waals surface area (Å²) >= 11 is 0. The van der Waals surface area contributed by atoms with Crippen molar-refractivity contribution in [2.75, 3.05) is 39.2 Å². The van der Waals surface area contributed by atoms with Crippen LogP contribution in [0.5, 0.6) is 11.5 Å². The number of nitrogens with two attached hydrogens (primary N) is 1. The molecule has 0 spiro atoms. The lowest BCUT2D eigenvalue weighted by atomic mass is 10.0. The van der Waals surface area contributed by atoms with E-state index in [2.05, 4.69) is 19.6 Å². The van der Waals surface area contributed by atoms with Crippen molar-refractivity contribution in [2.45, 2.75) is 63.8 Å². The Bertz CT molecular complexity index is 780. The number of piperidine rings is 1. The number of aliphatic hydroxyl groups is 1. The van der Waals surface area contributed by atoms with Crippen LogP contribution in [0.15, 0.2) is 12.1 Å². The molecule has 0 saturated carbocycles. The molecule has 0 aliphatic carbocycles. The number of carbonyl (C=O) groups excluding carboxylic acids is 2. The highest BCUT2D eigenvalue weighted by molar-refractivity contribution is 6.76. The van der Waals surface area contributed by atoms with E-state index in [4.69, 9.17) is 19.9 Å². The Morgan fingerprint density at radius 1 is 1.19 bits per heavy atom. The molecule has 3 N–H and O–H groups in total. The molecule has 9 heteroatoms. The highest BCUT2D eigenvalue weighted by Gasteiger charge is 2.29. The zero-order valence-corrected chi connectivity index (χ0v) is 20.8. The number of esters is 1. The number of carbonyl (C=O) groups is 2. The van der Waals surface area contributed by atoms with Gasteiger partial charge in [0.2, 0.25) is 0 Å². The Morgan fingerprint density at radius 2 is 1.94 bits per heavy atom. The number of benzene rings is 1.